The Labute approximate surface area is 92.2 Å². The zero-order valence-corrected chi connectivity index (χ0v) is 9.09. The summed E-state index contributed by atoms with van der Waals surface area (Å²) < 4.78 is 31.3. The molecule has 0 saturated carbocycles. The van der Waals surface area contributed by atoms with E-state index in [1.54, 1.807) is 0 Å². The van der Waals surface area contributed by atoms with Crippen LogP contribution in [0, 0.1) is 0 Å². The fourth-order valence-electron chi connectivity index (χ4n) is 1.34. The lowest BCUT2D eigenvalue weighted by atomic mass is 10.0. The monoisotopic (exact) mass is 229 g/mol. The highest BCUT2D eigenvalue weighted by Gasteiger charge is 2.29. The number of carbonyl (C=O) groups is 1. The number of nitrogens with two attached hydrogens (primary N) is 1. The molecule has 0 aliphatic rings. The Bertz CT molecular complexity index is 399. The van der Waals surface area contributed by atoms with Crippen LogP contribution in [0.15, 0.2) is 18.2 Å². The number of halogens is 2. The maximum Gasteiger partial charge on any atom is 0.274 e. The van der Waals surface area contributed by atoms with E-state index in [9.17, 15) is 13.6 Å². The van der Waals surface area contributed by atoms with Crippen molar-refractivity contribution in [2.24, 2.45) is 5.73 Å². The van der Waals surface area contributed by atoms with E-state index >= 15 is 0 Å². The predicted octanol–water partition coefficient (Wildman–Crippen LogP) is 1.95. The summed E-state index contributed by atoms with van der Waals surface area (Å²) in [7, 11) is 1.30. The molecule has 0 unspecified atom stereocenters. The number of methoxy groups -OCH3 is 1. The maximum atomic E-state index is 13.2. The Kier molecular flexibility index (Phi) is 3.59. The van der Waals surface area contributed by atoms with E-state index < -0.39 is 5.92 Å². The topological polar surface area (TPSA) is 52.3 Å². The minimum atomic E-state index is -3.06. The average molecular weight is 229 g/mol. The molecule has 0 aromatic heterocycles. The van der Waals surface area contributed by atoms with Crippen molar-refractivity contribution in [1.29, 1.82) is 0 Å². The standard InChI is InChI=1S/C11H13F2NO2/c1-11(12,13)8-5-7(9(15)6-14)3-4-10(8)16-2/h3-5H,6,14H2,1-2H3. The van der Waals surface area contributed by atoms with Gasteiger partial charge in [-0.3, -0.25) is 4.79 Å². The van der Waals surface area contributed by atoms with Crippen molar-refractivity contribution in [3.05, 3.63) is 29.3 Å². The molecule has 0 aliphatic heterocycles. The molecular weight excluding hydrogens is 216 g/mol. The van der Waals surface area contributed by atoms with Gasteiger partial charge in [0.05, 0.1) is 19.2 Å². The molecule has 0 radical (unpaired) electrons. The van der Waals surface area contributed by atoms with E-state index in [0.717, 1.165) is 13.0 Å². The third-order valence-electron chi connectivity index (χ3n) is 2.18. The zero-order chi connectivity index (χ0) is 12.3. The van der Waals surface area contributed by atoms with Crippen LogP contribution in [0.5, 0.6) is 5.75 Å². The smallest absolute Gasteiger partial charge is 0.274 e. The van der Waals surface area contributed by atoms with Crippen LogP contribution < -0.4 is 10.5 Å². The first kappa shape index (κ1) is 12.6. The number of Topliss-reactive ketones (excluding diaryl/α,β-unsaturated/α-hetero) is 1. The second kappa shape index (κ2) is 4.57. The Balaban J connectivity index is 3.27. The van der Waals surface area contributed by atoms with Crippen molar-refractivity contribution in [3.63, 3.8) is 0 Å². The van der Waals surface area contributed by atoms with Gasteiger partial charge in [-0.2, -0.15) is 0 Å². The minimum Gasteiger partial charge on any atom is -0.496 e. The van der Waals surface area contributed by atoms with Crippen molar-refractivity contribution in [2.45, 2.75) is 12.8 Å². The second-order valence-electron chi connectivity index (χ2n) is 3.43. The molecule has 0 fully saturated rings. The van der Waals surface area contributed by atoms with E-state index in [1.807, 2.05) is 0 Å². The molecule has 2 N–H and O–H groups in total. The number of carbonyl (C=O) groups excluding carboxylic acids is 1. The first-order valence-electron chi connectivity index (χ1n) is 4.69. The first-order valence-corrected chi connectivity index (χ1v) is 4.69. The fourth-order valence-corrected chi connectivity index (χ4v) is 1.34. The summed E-state index contributed by atoms with van der Waals surface area (Å²) in [6, 6.07) is 3.88. The lowest BCUT2D eigenvalue weighted by molar-refractivity contribution is 0.0150. The van der Waals surface area contributed by atoms with Gasteiger partial charge in [0, 0.05) is 12.5 Å². The molecule has 5 heteroatoms. The number of hydrogen-bond donors (Lipinski definition) is 1. The number of alkyl halides is 2. The molecular formula is C11H13F2NO2. The van der Waals surface area contributed by atoms with E-state index in [-0.39, 0.29) is 29.2 Å². The van der Waals surface area contributed by atoms with Gasteiger partial charge >= 0.3 is 0 Å². The highest BCUT2D eigenvalue weighted by molar-refractivity contribution is 5.97. The summed E-state index contributed by atoms with van der Waals surface area (Å²) in [5, 5.41) is 0. The quantitative estimate of drug-likeness (QED) is 0.803. The lowest BCUT2D eigenvalue weighted by Gasteiger charge is -2.15. The predicted molar refractivity (Wildman–Crippen MR) is 55.9 cm³/mol. The average Bonchev–Trinajstić information content (AvgIpc) is 2.26. The Morgan fingerprint density at radius 2 is 2.12 bits per heavy atom. The van der Waals surface area contributed by atoms with Gasteiger partial charge in [0.2, 0.25) is 0 Å². The molecule has 0 atom stereocenters. The van der Waals surface area contributed by atoms with Gasteiger partial charge in [-0.15, -0.1) is 0 Å². The van der Waals surface area contributed by atoms with E-state index in [4.69, 9.17) is 10.5 Å². The van der Waals surface area contributed by atoms with Crippen molar-refractivity contribution < 1.29 is 18.3 Å². The maximum absolute atomic E-state index is 13.2. The summed E-state index contributed by atoms with van der Waals surface area (Å²) in [5.41, 5.74) is 5.02. The van der Waals surface area contributed by atoms with E-state index in [1.165, 1.54) is 19.2 Å². The molecule has 0 saturated heterocycles. The molecule has 88 valence electrons. The Morgan fingerprint density at radius 1 is 1.50 bits per heavy atom. The largest absolute Gasteiger partial charge is 0.496 e. The van der Waals surface area contributed by atoms with E-state index in [0.29, 0.717) is 0 Å². The van der Waals surface area contributed by atoms with Gasteiger partial charge in [0.25, 0.3) is 5.92 Å². The van der Waals surface area contributed by atoms with Crippen molar-refractivity contribution in [2.75, 3.05) is 13.7 Å². The van der Waals surface area contributed by atoms with Crippen LogP contribution in [0.3, 0.4) is 0 Å². The lowest BCUT2D eigenvalue weighted by Crippen LogP contribution is -2.16. The number of ketones is 1. The van der Waals surface area contributed by atoms with Crippen molar-refractivity contribution >= 4 is 5.78 Å². The third kappa shape index (κ3) is 2.55. The van der Waals surface area contributed by atoms with Gasteiger partial charge in [-0.25, -0.2) is 8.78 Å². The third-order valence-corrected chi connectivity index (χ3v) is 2.18. The first-order chi connectivity index (χ1) is 7.40. The number of benzene rings is 1. The molecule has 16 heavy (non-hydrogen) atoms. The SMILES string of the molecule is COc1ccc(C(=O)CN)cc1C(C)(F)F. The van der Waals surface area contributed by atoms with Crippen molar-refractivity contribution in [1.82, 2.24) is 0 Å². The second-order valence-corrected chi connectivity index (χ2v) is 3.43. The van der Waals surface area contributed by atoms with Gasteiger partial charge in [-0.05, 0) is 18.2 Å². The van der Waals surface area contributed by atoms with Crippen LogP contribution in [0.2, 0.25) is 0 Å². The number of ether oxygens (including phenoxy) is 1. The van der Waals surface area contributed by atoms with E-state index in [2.05, 4.69) is 0 Å². The highest BCUT2D eigenvalue weighted by Crippen LogP contribution is 2.35. The van der Waals surface area contributed by atoms with Gasteiger partial charge in [-0.1, -0.05) is 0 Å². The summed E-state index contributed by atoms with van der Waals surface area (Å²) in [6.07, 6.45) is 0. The summed E-state index contributed by atoms with van der Waals surface area (Å²) >= 11 is 0. The molecule has 0 aliphatic carbocycles. The molecule has 1 rings (SSSR count). The Morgan fingerprint density at radius 3 is 2.56 bits per heavy atom. The minimum absolute atomic E-state index is 0.0565. The highest BCUT2D eigenvalue weighted by atomic mass is 19.3. The van der Waals surface area contributed by atoms with Crippen LogP contribution in [0.25, 0.3) is 0 Å². The van der Waals surface area contributed by atoms with Crippen LogP contribution in [-0.4, -0.2) is 19.4 Å². The van der Waals surface area contributed by atoms with Crippen LogP contribution >= 0.6 is 0 Å². The molecule has 1 aromatic rings. The fraction of sp³-hybridized carbons (Fsp3) is 0.364. The van der Waals surface area contributed by atoms with Crippen LogP contribution in [0.4, 0.5) is 8.78 Å². The zero-order valence-electron chi connectivity index (χ0n) is 9.09. The van der Waals surface area contributed by atoms with Crippen molar-refractivity contribution in [3.8, 4) is 5.75 Å². The molecule has 0 bridgehead atoms. The number of rotatable bonds is 4. The van der Waals surface area contributed by atoms with Crippen LogP contribution in [0.1, 0.15) is 22.8 Å². The molecule has 3 nitrogen and oxygen atoms in total. The van der Waals surface area contributed by atoms with Crippen LogP contribution in [-0.2, 0) is 5.92 Å². The van der Waals surface area contributed by atoms with Gasteiger partial charge < -0.3 is 10.5 Å². The molecule has 1 aromatic carbocycles. The molecule has 0 spiro atoms. The normalized spacial score (nSPS) is 11.3. The molecule has 0 heterocycles. The Hall–Kier alpha value is -1.49. The summed E-state index contributed by atoms with van der Waals surface area (Å²) in [4.78, 5) is 11.3. The summed E-state index contributed by atoms with van der Waals surface area (Å²) in [5.74, 6) is -3.38. The summed E-state index contributed by atoms with van der Waals surface area (Å²) in [6.45, 7) is 0.544. The molecule has 0 amide bonds. The number of hydrogen-bond acceptors (Lipinski definition) is 3. The van der Waals surface area contributed by atoms with Gasteiger partial charge in [0.1, 0.15) is 5.75 Å². The van der Waals surface area contributed by atoms with Gasteiger partial charge in [0.15, 0.2) is 5.78 Å².